The predicted molar refractivity (Wildman–Crippen MR) is 53.5 cm³/mol. The van der Waals surface area contributed by atoms with Crippen molar-refractivity contribution in [3.8, 4) is 0 Å². The summed E-state index contributed by atoms with van der Waals surface area (Å²) in [7, 11) is -4.03. The number of hydrogen-bond acceptors (Lipinski definition) is 3. The van der Waals surface area contributed by atoms with Gasteiger partial charge in [-0.1, -0.05) is 13.8 Å². The number of nitrogens with one attached hydrogen (secondary N) is 1. The fourth-order valence-corrected chi connectivity index (χ4v) is 2.01. The van der Waals surface area contributed by atoms with Gasteiger partial charge in [0.1, 0.15) is 0 Å². The lowest BCUT2D eigenvalue weighted by atomic mass is 10.1. The summed E-state index contributed by atoms with van der Waals surface area (Å²) in [4.78, 5) is 10.7. The van der Waals surface area contributed by atoms with Crippen LogP contribution in [-0.2, 0) is 14.9 Å². The van der Waals surface area contributed by atoms with Gasteiger partial charge in [-0.25, -0.2) is 0 Å². The first-order valence-electron chi connectivity index (χ1n) is 4.43. The zero-order chi connectivity index (χ0) is 11.4. The van der Waals surface area contributed by atoms with Crippen LogP contribution >= 0.6 is 0 Å². The SMILES string of the molecule is CC(=O)N[C@@H](CC(C)C)CS(=O)(=O)O. The first-order chi connectivity index (χ1) is 6.20. The summed E-state index contributed by atoms with van der Waals surface area (Å²) >= 11 is 0. The fourth-order valence-electron chi connectivity index (χ4n) is 1.28. The molecule has 2 N–H and O–H groups in total. The van der Waals surface area contributed by atoms with Gasteiger partial charge in [-0.05, 0) is 12.3 Å². The molecule has 6 heteroatoms. The summed E-state index contributed by atoms with van der Waals surface area (Å²) in [5.74, 6) is -0.460. The molecule has 0 saturated carbocycles. The van der Waals surface area contributed by atoms with Gasteiger partial charge in [0.05, 0.1) is 5.75 Å². The Kier molecular flexibility index (Phi) is 5.07. The molecule has 14 heavy (non-hydrogen) atoms. The van der Waals surface area contributed by atoms with Crippen LogP contribution in [0.25, 0.3) is 0 Å². The molecule has 0 aromatic carbocycles. The van der Waals surface area contributed by atoms with Crippen molar-refractivity contribution >= 4 is 16.0 Å². The Morgan fingerprint density at radius 3 is 2.21 bits per heavy atom. The third-order valence-corrected chi connectivity index (χ3v) is 2.40. The minimum absolute atomic E-state index is 0.258. The molecule has 0 aliphatic carbocycles. The summed E-state index contributed by atoms with van der Waals surface area (Å²) < 4.78 is 29.9. The molecule has 0 unspecified atom stereocenters. The number of carbonyl (C=O) groups excluding carboxylic acids is 1. The number of rotatable bonds is 5. The van der Waals surface area contributed by atoms with E-state index in [9.17, 15) is 13.2 Å². The van der Waals surface area contributed by atoms with E-state index >= 15 is 0 Å². The zero-order valence-electron chi connectivity index (χ0n) is 8.65. The molecule has 0 spiro atoms. The molecule has 0 aliphatic rings. The highest BCUT2D eigenvalue weighted by Gasteiger charge is 2.18. The minimum Gasteiger partial charge on any atom is -0.352 e. The molecule has 0 aliphatic heterocycles. The van der Waals surface area contributed by atoms with Gasteiger partial charge in [0.25, 0.3) is 10.1 Å². The van der Waals surface area contributed by atoms with E-state index in [2.05, 4.69) is 5.32 Å². The van der Waals surface area contributed by atoms with Gasteiger partial charge in [0, 0.05) is 13.0 Å². The van der Waals surface area contributed by atoms with Crippen molar-refractivity contribution in [2.24, 2.45) is 5.92 Å². The normalized spacial score (nSPS) is 14.1. The summed E-state index contributed by atoms with van der Waals surface area (Å²) in [5.41, 5.74) is 0. The van der Waals surface area contributed by atoms with Crippen molar-refractivity contribution in [2.75, 3.05) is 5.75 Å². The molecule has 0 aromatic heterocycles. The van der Waals surface area contributed by atoms with Crippen LogP contribution < -0.4 is 5.32 Å². The van der Waals surface area contributed by atoms with Crippen molar-refractivity contribution in [2.45, 2.75) is 33.2 Å². The number of carbonyl (C=O) groups is 1. The maximum Gasteiger partial charge on any atom is 0.266 e. The van der Waals surface area contributed by atoms with E-state index in [-0.39, 0.29) is 11.8 Å². The van der Waals surface area contributed by atoms with Gasteiger partial charge in [-0.15, -0.1) is 0 Å². The van der Waals surface area contributed by atoms with E-state index in [0.29, 0.717) is 6.42 Å². The minimum atomic E-state index is -4.03. The van der Waals surface area contributed by atoms with Crippen molar-refractivity contribution < 1.29 is 17.8 Å². The summed E-state index contributed by atoms with van der Waals surface area (Å²) in [6.45, 7) is 5.15. The molecular weight excluding hydrogens is 206 g/mol. The Balaban J connectivity index is 4.32. The summed E-state index contributed by atoms with van der Waals surface area (Å²) in [6.07, 6.45) is 0.527. The van der Waals surface area contributed by atoms with Gasteiger partial charge in [-0.2, -0.15) is 8.42 Å². The molecular formula is C8H17NO4S. The quantitative estimate of drug-likeness (QED) is 0.662. The molecule has 0 radical (unpaired) electrons. The van der Waals surface area contributed by atoms with E-state index in [1.165, 1.54) is 6.92 Å². The Labute approximate surface area is 84.6 Å². The van der Waals surface area contributed by atoms with Gasteiger partial charge in [-0.3, -0.25) is 9.35 Å². The highest BCUT2D eigenvalue weighted by Crippen LogP contribution is 2.06. The largest absolute Gasteiger partial charge is 0.352 e. The zero-order valence-corrected chi connectivity index (χ0v) is 9.47. The van der Waals surface area contributed by atoms with Crippen LogP contribution in [0.15, 0.2) is 0 Å². The van der Waals surface area contributed by atoms with E-state index < -0.39 is 21.9 Å². The molecule has 84 valence electrons. The molecule has 0 bridgehead atoms. The van der Waals surface area contributed by atoms with Crippen molar-refractivity contribution in [1.82, 2.24) is 5.32 Å². The molecule has 0 rings (SSSR count). The predicted octanol–water partition coefficient (Wildman–Crippen LogP) is 0.425. The van der Waals surface area contributed by atoms with Crippen LogP contribution in [0, 0.1) is 5.92 Å². The van der Waals surface area contributed by atoms with Crippen molar-refractivity contribution in [3.05, 3.63) is 0 Å². The molecule has 0 fully saturated rings. The maximum absolute atomic E-state index is 10.7. The van der Waals surface area contributed by atoms with Gasteiger partial charge in [0.15, 0.2) is 0 Å². The molecule has 0 heterocycles. The van der Waals surface area contributed by atoms with E-state index in [4.69, 9.17) is 4.55 Å². The lowest BCUT2D eigenvalue weighted by Crippen LogP contribution is -2.39. The smallest absolute Gasteiger partial charge is 0.266 e. The number of amides is 1. The van der Waals surface area contributed by atoms with Crippen LogP contribution in [0.4, 0.5) is 0 Å². The highest BCUT2D eigenvalue weighted by atomic mass is 32.2. The van der Waals surface area contributed by atoms with Crippen LogP contribution in [0.3, 0.4) is 0 Å². The Hall–Kier alpha value is -0.620. The van der Waals surface area contributed by atoms with E-state index in [1.54, 1.807) is 0 Å². The second-order valence-electron chi connectivity index (χ2n) is 3.78. The lowest BCUT2D eigenvalue weighted by Gasteiger charge is -2.18. The van der Waals surface area contributed by atoms with Crippen molar-refractivity contribution in [3.63, 3.8) is 0 Å². The maximum atomic E-state index is 10.7. The highest BCUT2D eigenvalue weighted by molar-refractivity contribution is 7.85. The first-order valence-corrected chi connectivity index (χ1v) is 6.04. The average molecular weight is 223 g/mol. The average Bonchev–Trinajstić information content (AvgIpc) is 1.77. The van der Waals surface area contributed by atoms with Crippen LogP contribution in [-0.4, -0.2) is 30.7 Å². The second-order valence-corrected chi connectivity index (χ2v) is 5.27. The topological polar surface area (TPSA) is 83.5 Å². The van der Waals surface area contributed by atoms with Gasteiger partial charge < -0.3 is 5.32 Å². The van der Waals surface area contributed by atoms with Gasteiger partial charge >= 0.3 is 0 Å². The lowest BCUT2D eigenvalue weighted by molar-refractivity contribution is -0.119. The fraction of sp³-hybridized carbons (Fsp3) is 0.875. The van der Waals surface area contributed by atoms with Crippen molar-refractivity contribution in [1.29, 1.82) is 0 Å². The Bertz CT molecular complexity index is 284. The van der Waals surface area contributed by atoms with Gasteiger partial charge in [0.2, 0.25) is 5.91 Å². The Morgan fingerprint density at radius 2 is 1.93 bits per heavy atom. The van der Waals surface area contributed by atoms with E-state index in [0.717, 1.165) is 0 Å². The molecule has 1 atom stereocenters. The molecule has 0 aromatic rings. The third-order valence-electron chi connectivity index (χ3n) is 1.58. The van der Waals surface area contributed by atoms with E-state index in [1.807, 2.05) is 13.8 Å². The Morgan fingerprint density at radius 1 is 1.43 bits per heavy atom. The first kappa shape index (κ1) is 13.4. The van der Waals surface area contributed by atoms with Crippen LogP contribution in [0.2, 0.25) is 0 Å². The molecule has 1 amide bonds. The summed E-state index contributed by atoms with van der Waals surface area (Å²) in [6, 6.07) is -0.512. The standard InChI is InChI=1S/C8H17NO4S/c1-6(2)4-8(9-7(3)10)5-14(11,12)13/h6,8H,4-5H2,1-3H3,(H,9,10)(H,11,12,13)/t8-/m0/s1. The second kappa shape index (κ2) is 5.31. The monoisotopic (exact) mass is 223 g/mol. The summed E-state index contributed by atoms with van der Waals surface area (Å²) in [5, 5.41) is 2.49. The molecule has 5 nitrogen and oxygen atoms in total. The number of hydrogen-bond donors (Lipinski definition) is 2. The van der Waals surface area contributed by atoms with Crippen LogP contribution in [0.5, 0.6) is 0 Å². The third kappa shape index (κ3) is 8.00. The molecule has 0 saturated heterocycles. The van der Waals surface area contributed by atoms with Crippen LogP contribution in [0.1, 0.15) is 27.2 Å².